The van der Waals surface area contributed by atoms with Crippen molar-refractivity contribution in [2.75, 3.05) is 92.4 Å². The Morgan fingerprint density at radius 2 is 0.734 bits per heavy atom. The minimum absolute atomic E-state index is 0.00844. The van der Waals surface area contributed by atoms with E-state index in [1.807, 2.05) is 0 Å². The molecule has 1 aromatic carbocycles. The first-order valence-electron chi connectivity index (χ1n) is 24.5. The van der Waals surface area contributed by atoms with Crippen molar-refractivity contribution in [2.24, 2.45) is 0 Å². The number of hydrogen-bond acceptors (Lipinski definition) is 28. The lowest BCUT2D eigenvalue weighted by Gasteiger charge is -2.44. The second-order valence-corrected chi connectivity index (χ2v) is 16.9. The molecule has 2 saturated heterocycles. The van der Waals surface area contributed by atoms with Crippen LogP contribution in [0.15, 0.2) is 18.2 Å². The maximum atomic E-state index is 13.0. The fraction of sp³-hybridized carbons (Fsp3) is 0.667. The molecule has 79 heavy (non-hydrogen) atoms. The number of carbonyl (C=O) groups is 10. The van der Waals surface area contributed by atoms with Crippen LogP contribution in [0.5, 0.6) is 0 Å². The van der Waals surface area contributed by atoms with Crippen LogP contribution in [-0.2, 0) is 114 Å². The van der Waals surface area contributed by atoms with Gasteiger partial charge in [0.15, 0.2) is 49.2 Å². The topological polar surface area (TPSA) is 386 Å². The molecule has 0 saturated carbocycles. The van der Waals surface area contributed by atoms with Crippen LogP contribution in [0.3, 0.4) is 0 Å². The molecule has 31 nitrogen and oxygen atoms in total. The van der Waals surface area contributed by atoms with Gasteiger partial charge in [0, 0.05) is 91.7 Å². The van der Waals surface area contributed by atoms with E-state index in [9.17, 15) is 58.1 Å². The van der Waals surface area contributed by atoms with E-state index in [0.29, 0.717) is 0 Å². The van der Waals surface area contributed by atoms with Crippen LogP contribution in [-0.4, -0.2) is 218 Å². The summed E-state index contributed by atoms with van der Waals surface area (Å²) in [5, 5.41) is 16.8. The number of nitrogens with zero attached hydrogens (tertiary/aromatic N) is 1. The van der Waals surface area contributed by atoms with Gasteiger partial charge in [0.2, 0.25) is 0 Å². The molecular formula is C48H67N3O28. The van der Waals surface area contributed by atoms with Crippen molar-refractivity contribution in [2.45, 2.75) is 117 Å². The lowest BCUT2D eigenvalue weighted by atomic mass is 9.98. The van der Waals surface area contributed by atoms with Gasteiger partial charge in [0.05, 0.1) is 71.0 Å². The van der Waals surface area contributed by atoms with Gasteiger partial charge in [-0.05, 0) is 6.07 Å². The van der Waals surface area contributed by atoms with Crippen molar-refractivity contribution >= 4 is 65.3 Å². The second kappa shape index (κ2) is 34.8. The molecule has 2 heterocycles. The minimum Gasteiger partial charge on any atom is -0.463 e. The van der Waals surface area contributed by atoms with E-state index in [4.69, 9.17) is 75.8 Å². The lowest BCUT2D eigenvalue weighted by molar-refractivity contribution is -0.384. The Labute approximate surface area is 452 Å². The van der Waals surface area contributed by atoms with Crippen LogP contribution >= 0.6 is 0 Å². The van der Waals surface area contributed by atoms with Crippen LogP contribution in [0.1, 0.15) is 76.1 Å². The number of rotatable bonds is 33. The minimum atomic E-state index is -1.41. The molecule has 0 unspecified atom stereocenters. The number of amides is 2. The highest BCUT2D eigenvalue weighted by atomic mass is 16.8. The number of nitrogens with one attached hydrogen (secondary N) is 2. The molecule has 2 amide bonds. The average molecular weight is 1130 g/mol. The van der Waals surface area contributed by atoms with Gasteiger partial charge in [0.25, 0.3) is 17.5 Å². The van der Waals surface area contributed by atoms with Crippen molar-refractivity contribution in [1.82, 2.24) is 10.6 Å². The third-order valence-corrected chi connectivity index (χ3v) is 10.4. The van der Waals surface area contributed by atoms with E-state index in [1.54, 1.807) is 0 Å². The fourth-order valence-corrected chi connectivity index (χ4v) is 7.39. The molecule has 0 aromatic heterocycles. The van der Waals surface area contributed by atoms with Crippen LogP contribution < -0.4 is 10.6 Å². The van der Waals surface area contributed by atoms with Crippen molar-refractivity contribution in [3.8, 4) is 0 Å². The summed E-state index contributed by atoms with van der Waals surface area (Å²) in [7, 11) is 0. The monoisotopic (exact) mass is 1130 g/mol. The maximum absolute atomic E-state index is 13.0. The summed E-state index contributed by atoms with van der Waals surface area (Å²) < 4.78 is 87.4. The molecule has 2 N–H and O–H groups in total. The third kappa shape index (κ3) is 24.7. The largest absolute Gasteiger partial charge is 0.463 e. The zero-order valence-corrected chi connectivity index (χ0v) is 44.8. The predicted molar refractivity (Wildman–Crippen MR) is 257 cm³/mol. The van der Waals surface area contributed by atoms with Crippen molar-refractivity contribution in [1.29, 1.82) is 0 Å². The molecule has 10 atom stereocenters. The molecule has 0 spiro atoms. The number of non-ortho nitro benzene ring substituents is 1. The van der Waals surface area contributed by atoms with E-state index >= 15 is 0 Å². The Balaban J connectivity index is 1.40. The van der Waals surface area contributed by atoms with Crippen molar-refractivity contribution < 1.29 is 129 Å². The van der Waals surface area contributed by atoms with Crippen LogP contribution in [0.4, 0.5) is 5.69 Å². The van der Waals surface area contributed by atoms with Crippen molar-refractivity contribution in [3.05, 3.63) is 39.4 Å². The van der Waals surface area contributed by atoms with E-state index < -0.39 is 145 Å². The van der Waals surface area contributed by atoms with Gasteiger partial charge in [-0.2, -0.15) is 0 Å². The number of nitro benzene ring substituents is 1. The first kappa shape index (κ1) is 66.3. The first-order chi connectivity index (χ1) is 37.5. The van der Waals surface area contributed by atoms with E-state index in [2.05, 4.69) is 10.6 Å². The summed E-state index contributed by atoms with van der Waals surface area (Å²) in [4.78, 5) is 132. The molecule has 1 aromatic rings. The first-order valence-corrected chi connectivity index (χ1v) is 24.5. The zero-order chi connectivity index (χ0) is 58.6. The van der Waals surface area contributed by atoms with Gasteiger partial charge >= 0.3 is 47.8 Å². The molecule has 2 aliphatic rings. The summed E-state index contributed by atoms with van der Waals surface area (Å²) in [6.45, 7) is 7.64. The molecule has 0 aliphatic carbocycles. The quantitative estimate of drug-likeness (QED) is 0.0289. The average Bonchev–Trinajstić information content (AvgIpc) is 3.38. The lowest BCUT2D eigenvalue weighted by Crippen LogP contribution is -2.63. The summed E-state index contributed by atoms with van der Waals surface area (Å²) in [6, 6.07) is 3.18. The summed E-state index contributed by atoms with van der Waals surface area (Å²) >= 11 is 0. The Morgan fingerprint density at radius 1 is 0.430 bits per heavy atom. The summed E-state index contributed by atoms with van der Waals surface area (Å²) in [5.41, 5.74) is -0.868. The summed E-state index contributed by atoms with van der Waals surface area (Å²) in [6.07, 6.45) is -13.5. The Kier molecular flexibility index (Phi) is 29.2. The Bertz CT molecular complexity index is 2100. The Morgan fingerprint density at radius 3 is 1.05 bits per heavy atom. The maximum Gasteiger partial charge on any atom is 0.303 e. The number of nitro groups is 1. The number of hydrogen-bond donors (Lipinski definition) is 2. The van der Waals surface area contributed by atoms with Crippen LogP contribution in [0, 0.1) is 10.1 Å². The molecule has 2 aliphatic heterocycles. The highest BCUT2D eigenvalue weighted by Gasteiger charge is 2.54. The van der Waals surface area contributed by atoms with Crippen LogP contribution in [0.2, 0.25) is 0 Å². The highest BCUT2D eigenvalue weighted by Crippen LogP contribution is 2.32. The number of benzene rings is 1. The van der Waals surface area contributed by atoms with Crippen LogP contribution in [0.25, 0.3) is 0 Å². The van der Waals surface area contributed by atoms with Gasteiger partial charge in [-0.25, -0.2) is 0 Å². The molecule has 0 radical (unpaired) electrons. The number of carbonyl (C=O) groups excluding carboxylic acids is 10. The van der Waals surface area contributed by atoms with Gasteiger partial charge in [-0.1, -0.05) is 0 Å². The smallest absolute Gasteiger partial charge is 0.303 e. The van der Waals surface area contributed by atoms with Gasteiger partial charge in [-0.3, -0.25) is 58.1 Å². The molecule has 2 fully saturated rings. The SMILES string of the molecule is CC(=O)OC[C@H]1O[C@H](OCCOCCOCCNC(=O)c2cc(C(=O)NCCOCCOCCO[C@H]3O[C@H](COC(C)=O)[C@@H](OC(C)=O)[C@H](OC(C)=O)[C@@H]3OC(C)=O)cc([N+](=O)[O-])c2)[C@@H](OC(C)=O)[C@@H](OC(C)=O)[C@@H]1OC(C)=O. The third-order valence-electron chi connectivity index (χ3n) is 10.4. The highest BCUT2D eigenvalue weighted by molar-refractivity contribution is 6.00. The van der Waals surface area contributed by atoms with Gasteiger partial charge < -0.3 is 86.4 Å². The van der Waals surface area contributed by atoms with E-state index in [1.165, 1.54) is 6.07 Å². The fourth-order valence-electron chi connectivity index (χ4n) is 7.39. The second-order valence-electron chi connectivity index (χ2n) is 16.9. The van der Waals surface area contributed by atoms with E-state index in [-0.39, 0.29) is 90.3 Å². The molecule has 31 heteroatoms. The Hall–Kier alpha value is -7.00. The number of ether oxygens (including phenoxy) is 16. The molecule has 0 bridgehead atoms. The molecule has 3 rings (SSSR count). The van der Waals surface area contributed by atoms with Gasteiger partial charge in [-0.15, -0.1) is 0 Å². The molecule has 442 valence electrons. The van der Waals surface area contributed by atoms with Gasteiger partial charge in [0.1, 0.15) is 25.4 Å². The zero-order valence-electron chi connectivity index (χ0n) is 44.8. The normalized spacial score (nSPS) is 22.4. The number of esters is 8. The standard InChI is InChI=1S/C48H67N3O28/c1-26(52)70-24-37-39(72-28(3)54)41(74-30(5)56)43(76-32(7)58)47(78-37)68-19-17-66-15-13-64-11-9-49-45(60)34-21-35(23-36(22-34)51(62)63)46(61)50-10-12-65-14-16-67-18-20-69-48-44(77-33(8)59)42(75-31(6)57)40(73-29(4)55)38(79-48)25-71-27(2)53/h21-23,37-44,47-48H,9-20,24-25H2,1-8H3,(H,49,60)(H,50,61)/t37-,38-,39-,40-,41+,42+,43+,44+,47+,48+/m1/s1. The van der Waals surface area contributed by atoms with E-state index in [0.717, 1.165) is 67.5 Å². The summed E-state index contributed by atoms with van der Waals surface area (Å²) in [5.74, 6) is -7.60. The predicted octanol–water partition coefficient (Wildman–Crippen LogP) is -0.680. The van der Waals surface area contributed by atoms with Crippen molar-refractivity contribution in [3.63, 3.8) is 0 Å². The molecular weight excluding hydrogens is 1070 g/mol.